The number of carbonyl (C=O) groups excluding carboxylic acids is 1. The van der Waals surface area contributed by atoms with Gasteiger partial charge >= 0.3 is 0 Å². The number of carbonyl (C=O) groups is 1. The fourth-order valence-electron chi connectivity index (χ4n) is 0.730. The Labute approximate surface area is 151 Å². The molecule has 1 N–H and O–H groups in total. The SMILES string of the molecule is CC(C)=O.CC(C)C#N.CC(C)CN(C)C.[3H]OSC(C)I. The van der Waals surface area contributed by atoms with Gasteiger partial charge in [0.1, 0.15) is 5.78 Å². The molecule has 0 amide bonds. The lowest BCUT2D eigenvalue weighted by Gasteiger charge is -2.10. The first kappa shape index (κ1) is 26.1. The van der Waals surface area contributed by atoms with Crippen LogP contribution in [0.2, 0.25) is 0 Å². The van der Waals surface area contributed by atoms with Crippen LogP contribution in [0.25, 0.3) is 1.43 Å². The minimum atomic E-state index is 0.167. The van der Waals surface area contributed by atoms with E-state index in [0.717, 1.165) is 18.0 Å². The second-order valence-corrected chi connectivity index (χ2v) is 9.10. The molecule has 4 nitrogen and oxygen atoms in total. The summed E-state index contributed by atoms with van der Waals surface area (Å²) < 4.78 is 10.5. The van der Waals surface area contributed by atoms with Crippen LogP contribution < -0.4 is 0 Å². The quantitative estimate of drug-likeness (QED) is 0.386. The molecule has 0 spiro atoms. The maximum absolute atomic E-state index is 9.44. The van der Waals surface area contributed by atoms with Gasteiger partial charge in [-0.2, -0.15) is 5.26 Å². The Balaban J connectivity index is -0.000000100. The van der Waals surface area contributed by atoms with Gasteiger partial charge in [0.25, 0.3) is 0 Å². The van der Waals surface area contributed by atoms with Crippen molar-refractivity contribution in [2.75, 3.05) is 20.6 Å². The second-order valence-electron chi connectivity index (χ2n) is 5.49. The zero-order valence-electron chi connectivity index (χ0n) is 15.9. The van der Waals surface area contributed by atoms with Crippen molar-refractivity contribution in [1.29, 1.82) is 6.69 Å². The van der Waals surface area contributed by atoms with Crippen LogP contribution in [0.1, 0.15) is 48.5 Å². The topological polar surface area (TPSA) is 64.3 Å². The molecule has 0 aliphatic rings. The molecule has 0 aromatic carbocycles. The zero-order chi connectivity index (χ0) is 18.7. The number of halogens is 1. The van der Waals surface area contributed by atoms with Crippen LogP contribution in [-0.4, -0.2) is 39.1 Å². The molecule has 0 saturated heterocycles. The number of nitrogens with zero attached hydrogens (tertiary/aromatic N) is 2. The predicted molar refractivity (Wildman–Crippen MR) is 104 cm³/mol. The molecule has 0 bridgehead atoms. The molecule has 0 radical (unpaired) electrons. The van der Waals surface area contributed by atoms with Crippen molar-refractivity contribution < 1.29 is 9.35 Å². The van der Waals surface area contributed by atoms with Crippen LogP contribution in [0.3, 0.4) is 0 Å². The lowest BCUT2D eigenvalue weighted by molar-refractivity contribution is -0.114. The summed E-state index contributed by atoms with van der Waals surface area (Å²) in [6.45, 7) is 14.4. The van der Waals surface area contributed by atoms with Crippen LogP contribution in [0.15, 0.2) is 0 Å². The van der Waals surface area contributed by atoms with Crippen LogP contribution in [0.5, 0.6) is 0 Å². The molecule has 6 heteroatoms. The molecule has 21 heavy (non-hydrogen) atoms. The molecule has 0 fully saturated rings. The average Bonchev–Trinajstić information content (AvgIpc) is 2.27. The third-order valence-corrected chi connectivity index (χ3v) is 2.01. The summed E-state index contributed by atoms with van der Waals surface area (Å²) in [5, 5.41) is 7.89. The number of hydrogen-bond acceptors (Lipinski definition) is 5. The summed E-state index contributed by atoms with van der Waals surface area (Å²) in [5.41, 5.74) is 0. The maximum Gasteiger partial charge on any atom is 0.229 e. The minimum Gasteiger partial charge on any atom is -0.329 e. The first-order valence-electron chi connectivity index (χ1n) is 7.25. The van der Waals surface area contributed by atoms with Crippen LogP contribution >= 0.6 is 34.6 Å². The number of nitriles is 1. The Morgan fingerprint density at radius 1 is 1.33 bits per heavy atom. The van der Waals surface area contributed by atoms with Crippen molar-refractivity contribution in [2.24, 2.45) is 11.8 Å². The van der Waals surface area contributed by atoms with E-state index in [1.54, 1.807) is 0 Å². The van der Waals surface area contributed by atoms with E-state index in [1.807, 2.05) is 26.8 Å². The maximum atomic E-state index is 9.44. The Morgan fingerprint density at radius 3 is 1.67 bits per heavy atom. The van der Waals surface area contributed by atoms with Crippen molar-refractivity contribution in [3.63, 3.8) is 0 Å². The van der Waals surface area contributed by atoms with Crippen molar-refractivity contribution in [2.45, 2.75) is 51.7 Å². The Hall–Kier alpha value is 0.160. The Morgan fingerprint density at radius 2 is 1.67 bits per heavy atom. The van der Waals surface area contributed by atoms with Gasteiger partial charge in [0.2, 0.25) is 1.43 Å². The van der Waals surface area contributed by atoms with Gasteiger partial charge in [0, 0.05) is 18.0 Å². The van der Waals surface area contributed by atoms with E-state index in [9.17, 15) is 4.79 Å². The van der Waals surface area contributed by atoms with Gasteiger partial charge in [-0.05, 0) is 61.2 Å². The molecule has 0 aromatic rings. The number of Topliss-reactive ketones (excluding diaryl/α,β-unsaturated/α-hetero) is 1. The summed E-state index contributed by atoms with van der Waals surface area (Å²) in [6, 6.07) is 2.03. The normalized spacial score (nSPS) is 11.0. The highest BCUT2D eigenvalue weighted by atomic mass is 127. The summed E-state index contributed by atoms with van der Waals surface area (Å²) in [5.74, 6) is 1.16. The monoisotopic (exact) mass is 434 g/mol. The van der Waals surface area contributed by atoms with Crippen molar-refractivity contribution in [3.05, 3.63) is 0 Å². The summed E-state index contributed by atoms with van der Waals surface area (Å²) >= 11 is 3.30. The van der Waals surface area contributed by atoms with E-state index in [4.69, 9.17) is 6.69 Å². The molecule has 0 rings (SSSR count). The fraction of sp³-hybridized carbons (Fsp3) is 0.867. The summed E-state index contributed by atoms with van der Waals surface area (Å²) in [7, 11) is 4.19. The fourth-order valence-corrected chi connectivity index (χ4v) is 0.730. The third-order valence-electron chi connectivity index (χ3n) is 1.12. The van der Waals surface area contributed by atoms with E-state index in [1.165, 1.54) is 20.4 Å². The van der Waals surface area contributed by atoms with Gasteiger partial charge in [-0.1, -0.05) is 36.4 Å². The van der Waals surface area contributed by atoms with Crippen LogP contribution in [0, 0.1) is 23.2 Å². The molecule has 1 unspecified atom stereocenters. The molecule has 0 aromatic heterocycles. The Bertz CT molecular complexity index is 261. The van der Waals surface area contributed by atoms with Gasteiger partial charge in [0.15, 0.2) is 0 Å². The molecule has 0 saturated carbocycles. The van der Waals surface area contributed by atoms with Crippen LogP contribution in [-0.2, 0) is 4.79 Å². The molecular formula is C15H33IN2O2S. The summed E-state index contributed by atoms with van der Waals surface area (Å²) in [4.78, 5) is 11.6. The first-order valence-corrected chi connectivity index (χ1v) is 8.89. The predicted octanol–water partition coefficient (Wildman–Crippen LogP) is 4.94. The first-order chi connectivity index (χ1) is 9.90. The smallest absolute Gasteiger partial charge is 0.229 e. The van der Waals surface area contributed by atoms with E-state index < -0.39 is 0 Å². The second kappa shape index (κ2) is 22.4. The standard InChI is InChI=1S/C6H15N.C4H7N.C3H6O.C2H5IOS/c1-6(2)5-7(3)4;1-4(2)3-5;1-3(2)4;1-2(3)5-4/h6H,5H2,1-4H3;4H,1-2H3;1-2H3;2,4H,1H3/i/hT. The lowest BCUT2D eigenvalue weighted by atomic mass is 10.2. The largest absolute Gasteiger partial charge is 0.329 e. The molecule has 0 aliphatic heterocycles. The Kier molecular flexibility index (Phi) is 27.9. The zero-order valence-corrected chi connectivity index (χ0v) is 17.9. The number of rotatable bonds is 4. The molecular weight excluding hydrogens is 399 g/mol. The van der Waals surface area contributed by atoms with Crippen molar-refractivity contribution in [1.82, 2.24) is 4.90 Å². The van der Waals surface area contributed by atoms with E-state index in [2.05, 4.69) is 60.0 Å². The molecule has 0 aliphatic carbocycles. The van der Waals surface area contributed by atoms with Gasteiger partial charge in [-0.25, -0.2) is 0 Å². The molecule has 1 atom stereocenters. The van der Waals surface area contributed by atoms with Gasteiger partial charge in [-0.3, -0.25) is 0 Å². The highest BCUT2D eigenvalue weighted by molar-refractivity contribution is 14.1. The van der Waals surface area contributed by atoms with Crippen molar-refractivity contribution in [3.8, 4) is 6.07 Å². The lowest BCUT2D eigenvalue weighted by Crippen LogP contribution is -2.17. The highest BCUT2D eigenvalue weighted by Crippen LogP contribution is 2.10. The summed E-state index contributed by atoms with van der Waals surface area (Å²) in [6.07, 6.45) is 0. The van der Waals surface area contributed by atoms with Crippen LogP contribution in [0.4, 0.5) is 0 Å². The number of alkyl halides is 1. The highest BCUT2D eigenvalue weighted by Gasteiger charge is 1.92. The van der Waals surface area contributed by atoms with E-state index in [0.29, 0.717) is 3.26 Å². The average molecular weight is 434 g/mol. The third kappa shape index (κ3) is 99.8. The van der Waals surface area contributed by atoms with Gasteiger partial charge in [0.05, 0.1) is 9.33 Å². The van der Waals surface area contributed by atoms with Gasteiger partial charge < -0.3 is 14.2 Å². The minimum absolute atomic E-state index is 0.167. The number of hydrogen-bond donors (Lipinski definition) is 1. The molecule has 0 heterocycles. The number of ketones is 1. The van der Waals surface area contributed by atoms with E-state index >= 15 is 0 Å². The molecule has 128 valence electrons. The van der Waals surface area contributed by atoms with Gasteiger partial charge in [-0.15, -0.1) is 0 Å². The van der Waals surface area contributed by atoms with Crippen molar-refractivity contribution >= 4 is 40.4 Å². The van der Waals surface area contributed by atoms with E-state index in [-0.39, 0.29) is 11.7 Å².